The molecule has 20 heavy (non-hydrogen) atoms. The Labute approximate surface area is 116 Å². The van der Waals surface area contributed by atoms with Crippen LogP contribution < -0.4 is 10.6 Å². The van der Waals surface area contributed by atoms with E-state index >= 15 is 0 Å². The van der Waals surface area contributed by atoms with Crippen molar-refractivity contribution in [3.63, 3.8) is 0 Å². The third kappa shape index (κ3) is 2.33. The summed E-state index contributed by atoms with van der Waals surface area (Å²) in [5.74, 6) is 0. The number of hydrogen-bond acceptors (Lipinski definition) is 2. The van der Waals surface area contributed by atoms with Gasteiger partial charge in [0.2, 0.25) is 0 Å². The van der Waals surface area contributed by atoms with E-state index in [1.54, 1.807) is 24.5 Å². The molecule has 2 heterocycles. The maximum atomic E-state index is 12.0. The van der Waals surface area contributed by atoms with Gasteiger partial charge in [0.25, 0.3) is 0 Å². The molecule has 0 fully saturated rings. The van der Waals surface area contributed by atoms with Crippen molar-refractivity contribution in [2.75, 3.05) is 10.6 Å². The third-order valence-electron chi connectivity index (χ3n) is 3.10. The van der Waals surface area contributed by atoms with Crippen molar-refractivity contribution < 1.29 is 4.79 Å². The molecule has 2 N–H and O–H groups in total. The first-order valence-electron chi connectivity index (χ1n) is 6.26. The lowest BCUT2D eigenvalue weighted by molar-refractivity contribution is 0.262. The molecule has 0 bridgehead atoms. The molecule has 0 aliphatic heterocycles. The quantitative estimate of drug-likeness (QED) is 0.748. The largest absolute Gasteiger partial charge is 0.350 e. The molecule has 5 heteroatoms. The monoisotopic (exact) mass is 266 g/mol. The molecule has 0 saturated carbocycles. The lowest BCUT2D eigenvalue weighted by atomic mass is 10.2. The number of anilines is 2. The number of amides is 2. The molecule has 3 rings (SSSR count). The van der Waals surface area contributed by atoms with Crippen molar-refractivity contribution in [2.45, 2.75) is 0 Å². The molecule has 2 aromatic heterocycles. The van der Waals surface area contributed by atoms with Crippen molar-refractivity contribution in [1.29, 1.82) is 0 Å². The Kier molecular flexibility index (Phi) is 3.09. The number of hydrogen-bond donors (Lipinski definition) is 2. The van der Waals surface area contributed by atoms with E-state index in [9.17, 15) is 4.79 Å². The second kappa shape index (κ2) is 5.05. The van der Waals surface area contributed by atoms with Gasteiger partial charge in [0.1, 0.15) is 0 Å². The summed E-state index contributed by atoms with van der Waals surface area (Å²) in [5, 5.41) is 6.61. The van der Waals surface area contributed by atoms with E-state index in [0.29, 0.717) is 5.69 Å². The molecule has 0 atom stereocenters. The van der Waals surface area contributed by atoms with Crippen molar-refractivity contribution >= 4 is 28.3 Å². The molecule has 0 unspecified atom stereocenters. The number of aromatic nitrogens is 2. The van der Waals surface area contributed by atoms with Gasteiger partial charge < -0.3 is 15.2 Å². The van der Waals surface area contributed by atoms with Gasteiger partial charge in [-0.25, -0.2) is 4.79 Å². The van der Waals surface area contributed by atoms with Gasteiger partial charge in [-0.3, -0.25) is 4.98 Å². The molecule has 0 spiro atoms. The van der Waals surface area contributed by atoms with Crippen molar-refractivity contribution in [3.05, 3.63) is 55.0 Å². The number of urea groups is 1. The maximum Gasteiger partial charge on any atom is 0.323 e. The van der Waals surface area contributed by atoms with Crippen molar-refractivity contribution in [1.82, 2.24) is 9.55 Å². The summed E-state index contributed by atoms with van der Waals surface area (Å²) in [6.45, 7) is 0. The first kappa shape index (κ1) is 12.2. The predicted molar refractivity (Wildman–Crippen MR) is 79.8 cm³/mol. The van der Waals surface area contributed by atoms with E-state index in [4.69, 9.17) is 0 Å². The molecule has 100 valence electrons. The lowest BCUT2D eigenvalue weighted by Gasteiger charge is -2.08. The number of rotatable bonds is 2. The van der Waals surface area contributed by atoms with Crippen LogP contribution in [0.1, 0.15) is 0 Å². The molecule has 0 aliphatic carbocycles. The number of nitrogens with one attached hydrogen (secondary N) is 2. The molecule has 0 aliphatic rings. The molecule has 2 amide bonds. The summed E-state index contributed by atoms with van der Waals surface area (Å²) in [6, 6.07) is 11.1. The van der Waals surface area contributed by atoms with Gasteiger partial charge in [-0.2, -0.15) is 0 Å². The minimum Gasteiger partial charge on any atom is -0.350 e. The van der Waals surface area contributed by atoms with Crippen LogP contribution in [-0.4, -0.2) is 15.6 Å². The van der Waals surface area contributed by atoms with E-state index in [-0.39, 0.29) is 6.03 Å². The van der Waals surface area contributed by atoms with Crippen molar-refractivity contribution in [3.8, 4) is 0 Å². The van der Waals surface area contributed by atoms with Crippen LogP contribution in [0.25, 0.3) is 10.9 Å². The highest BCUT2D eigenvalue weighted by Gasteiger charge is 2.07. The van der Waals surface area contributed by atoms with Gasteiger partial charge >= 0.3 is 6.03 Å². The first-order chi connectivity index (χ1) is 9.74. The van der Waals surface area contributed by atoms with Gasteiger partial charge in [0, 0.05) is 30.3 Å². The minimum absolute atomic E-state index is 0.283. The van der Waals surface area contributed by atoms with Crippen LogP contribution in [0.5, 0.6) is 0 Å². The smallest absolute Gasteiger partial charge is 0.323 e. The van der Waals surface area contributed by atoms with E-state index in [2.05, 4.69) is 15.6 Å². The van der Waals surface area contributed by atoms with Crippen LogP contribution in [-0.2, 0) is 7.05 Å². The SMILES string of the molecule is Cn1ccc2c(NC(=O)Nc3cccnc3)cccc21. The Morgan fingerprint density at radius 2 is 2.05 bits per heavy atom. The zero-order chi connectivity index (χ0) is 13.9. The summed E-state index contributed by atoms with van der Waals surface area (Å²) in [5.41, 5.74) is 2.51. The third-order valence-corrected chi connectivity index (χ3v) is 3.10. The zero-order valence-electron chi connectivity index (χ0n) is 11.0. The van der Waals surface area contributed by atoms with Gasteiger partial charge in [0.05, 0.1) is 17.6 Å². The van der Waals surface area contributed by atoms with Crippen LogP contribution in [0.2, 0.25) is 0 Å². The normalized spacial score (nSPS) is 10.4. The summed E-state index contributed by atoms with van der Waals surface area (Å²) in [6.07, 6.45) is 5.23. The number of carbonyl (C=O) groups excluding carboxylic acids is 1. The van der Waals surface area contributed by atoms with Crippen LogP contribution in [0.15, 0.2) is 55.0 Å². The van der Waals surface area contributed by atoms with Crippen LogP contribution >= 0.6 is 0 Å². The Morgan fingerprint density at radius 3 is 2.85 bits per heavy atom. The topological polar surface area (TPSA) is 59.0 Å². The summed E-state index contributed by atoms with van der Waals surface area (Å²) in [7, 11) is 1.97. The summed E-state index contributed by atoms with van der Waals surface area (Å²) < 4.78 is 2.01. The van der Waals surface area contributed by atoms with Crippen molar-refractivity contribution in [2.24, 2.45) is 7.05 Å². The molecule has 5 nitrogen and oxygen atoms in total. The highest BCUT2D eigenvalue weighted by atomic mass is 16.2. The highest BCUT2D eigenvalue weighted by Crippen LogP contribution is 2.23. The van der Waals surface area contributed by atoms with E-state index in [1.807, 2.05) is 42.1 Å². The zero-order valence-corrected chi connectivity index (χ0v) is 11.0. The first-order valence-corrected chi connectivity index (χ1v) is 6.26. The number of carbonyl (C=O) groups is 1. The van der Waals surface area contributed by atoms with Gasteiger partial charge in [-0.05, 0) is 30.3 Å². The fourth-order valence-corrected chi connectivity index (χ4v) is 2.13. The average molecular weight is 266 g/mol. The summed E-state index contributed by atoms with van der Waals surface area (Å²) >= 11 is 0. The van der Waals surface area contributed by atoms with Crippen LogP contribution in [0.4, 0.5) is 16.2 Å². The Balaban J connectivity index is 1.81. The van der Waals surface area contributed by atoms with E-state index in [0.717, 1.165) is 16.6 Å². The number of aryl methyl sites for hydroxylation is 1. The molecular weight excluding hydrogens is 252 g/mol. The molecule has 3 aromatic rings. The Hall–Kier alpha value is -2.82. The molecule has 0 saturated heterocycles. The Bertz CT molecular complexity index is 749. The lowest BCUT2D eigenvalue weighted by Crippen LogP contribution is -2.19. The van der Waals surface area contributed by atoms with Gasteiger partial charge in [-0.1, -0.05) is 6.07 Å². The molecule has 0 radical (unpaired) electrons. The average Bonchev–Trinajstić information content (AvgIpc) is 2.83. The highest BCUT2D eigenvalue weighted by molar-refractivity contribution is 6.05. The second-order valence-corrected chi connectivity index (χ2v) is 4.49. The van der Waals surface area contributed by atoms with E-state index < -0.39 is 0 Å². The fourth-order valence-electron chi connectivity index (χ4n) is 2.13. The number of nitrogens with zero attached hydrogens (tertiary/aromatic N) is 2. The second-order valence-electron chi connectivity index (χ2n) is 4.49. The van der Waals surface area contributed by atoms with Crippen LogP contribution in [0, 0.1) is 0 Å². The van der Waals surface area contributed by atoms with Gasteiger partial charge in [0.15, 0.2) is 0 Å². The maximum absolute atomic E-state index is 12.0. The standard InChI is InChI=1S/C15H14N4O/c1-19-9-7-12-13(5-2-6-14(12)19)18-15(20)17-11-4-3-8-16-10-11/h2-10H,1H3,(H2,17,18,20). The molecule has 1 aromatic carbocycles. The minimum atomic E-state index is -0.283. The number of pyridine rings is 1. The Morgan fingerprint density at radius 1 is 1.15 bits per heavy atom. The van der Waals surface area contributed by atoms with Gasteiger partial charge in [-0.15, -0.1) is 0 Å². The van der Waals surface area contributed by atoms with E-state index in [1.165, 1.54) is 0 Å². The number of fused-ring (bicyclic) bond motifs is 1. The fraction of sp³-hybridized carbons (Fsp3) is 0.0667. The number of benzene rings is 1. The predicted octanol–water partition coefficient (Wildman–Crippen LogP) is 3.22. The molecular formula is C15H14N4O. The van der Waals surface area contributed by atoms with Crippen LogP contribution in [0.3, 0.4) is 0 Å². The summed E-state index contributed by atoms with van der Waals surface area (Å²) in [4.78, 5) is 15.9.